The molecule has 0 heterocycles. The number of carbonyl (C=O) groups excluding carboxylic acids is 1. The van der Waals surface area contributed by atoms with Gasteiger partial charge in [-0.1, -0.05) is 17.7 Å². The van der Waals surface area contributed by atoms with Crippen molar-refractivity contribution in [1.29, 1.82) is 0 Å². The van der Waals surface area contributed by atoms with Crippen LogP contribution in [0, 0.1) is 5.82 Å². The molecule has 0 radical (unpaired) electrons. The van der Waals surface area contributed by atoms with Crippen molar-refractivity contribution in [3.8, 4) is 5.75 Å². The lowest BCUT2D eigenvalue weighted by atomic mass is 10.1. The summed E-state index contributed by atoms with van der Waals surface area (Å²) < 4.78 is 18.4. The average molecular weight is 309 g/mol. The van der Waals surface area contributed by atoms with Gasteiger partial charge in [-0.25, -0.2) is 4.39 Å². The first kappa shape index (κ1) is 15.1. The van der Waals surface area contributed by atoms with E-state index in [0.717, 1.165) is 5.56 Å². The number of primary amides is 1. The van der Waals surface area contributed by atoms with Crippen molar-refractivity contribution >= 4 is 23.2 Å². The fourth-order valence-corrected chi connectivity index (χ4v) is 2.12. The minimum atomic E-state index is -0.580. The highest BCUT2D eigenvalue weighted by atomic mass is 35.5. The van der Waals surface area contributed by atoms with Crippen molar-refractivity contribution in [2.24, 2.45) is 5.73 Å². The third-order valence-electron chi connectivity index (χ3n) is 2.95. The summed E-state index contributed by atoms with van der Waals surface area (Å²) >= 11 is 5.95. The van der Waals surface area contributed by atoms with E-state index in [-0.39, 0.29) is 16.3 Å². The molecule has 6 heteroatoms. The van der Waals surface area contributed by atoms with Crippen LogP contribution in [0.5, 0.6) is 5.75 Å². The van der Waals surface area contributed by atoms with Gasteiger partial charge in [0.1, 0.15) is 0 Å². The second-order valence-corrected chi connectivity index (χ2v) is 4.79. The van der Waals surface area contributed by atoms with Gasteiger partial charge in [-0.3, -0.25) is 4.79 Å². The number of nitrogens with one attached hydrogen (secondary N) is 1. The fraction of sp³-hybridized carbons (Fsp3) is 0.133. The number of carbonyl (C=O) groups is 1. The lowest BCUT2D eigenvalue weighted by Crippen LogP contribution is -2.11. The van der Waals surface area contributed by atoms with Crippen LogP contribution in [-0.2, 0) is 6.54 Å². The van der Waals surface area contributed by atoms with Gasteiger partial charge in [-0.15, -0.1) is 0 Å². The monoisotopic (exact) mass is 308 g/mol. The Morgan fingerprint density at radius 1 is 1.33 bits per heavy atom. The highest BCUT2D eigenvalue weighted by Crippen LogP contribution is 2.22. The maximum atomic E-state index is 13.6. The van der Waals surface area contributed by atoms with Crippen LogP contribution in [0.2, 0.25) is 5.02 Å². The molecule has 110 valence electrons. The Bertz CT molecular complexity index is 677. The lowest BCUT2D eigenvalue weighted by molar-refractivity contribution is 0.100. The summed E-state index contributed by atoms with van der Waals surface area (Å²) in [5.74, 6) is -0.796. The van der Waals surface area contributed by atoms with E-state index in [2.05, 4.69) is 5.32 Å². The van der Waals surface area contributed by atoms with Crippen molar-refractivity contribution in [2.45, 2.75) is 6.54 Å². The van der Waals surface area contributed by atoms with Crippen molar-refractivity contribution in [1.82, 2.24) is 0 Å². The van der Waals surface area contributed by atoms with Crippen molar-refractivity contribution in [3.05, 3.63) is 58.4 Å². The first-order valence-corrected chi connectivity index (χ1v) is 6.54. The minimum Gasteiger partial charge on any atom is -0.494 e. The van der Waals surface area contributed by atoms with Crippen LogP contribution >= 0.6 is 11.6 Å². The van der Waals surface area contributed by atoms with Crippen LogP contribution in [0.1, 0.15) is 15.9 Å². The van der Waals surface area contributed by atoms with Crippen LogP contribution in [0.4, 0.5) is 10.1 Å². The second kappa shape index (κ2) is 6.45. The molecule has 0 aliphatic rings. The Balaban J connectivity index is 2.08. The number of halogens is 2. The molecule has 0 bridgehead atoms. The maximum Gasteiger partial charge on any atom is 0.250 e. The van der Waals surface area contributed by atoms with Crippen LogP contribution in [0.25, 0.3) is 0 Å². The Labute approximate surface area is 126 Å². The molecule has 0 spiro atoms. The zero-order valence-electron chi connectivity index (χ0n) is 11.3. The molecule has 0 fully saturated rings. The molecule has 0 aromatic heterocycles. The molecule has 0 unspecified atom stereocenters. The summed E-state index contributed by atoms with van der Waals surface area (Å²) in [7, 11) is 1.42. The van der Waals surface area contributed by atoms with Gasteiger partial charge in [-0.2, -0.15) is 0 Å². The molecule has 2 rings (SSSR count). The molecular weight excluding hydrogens is 295 g/mol. The quantitative estimate of drug-likeness (QED) is 0.891. The summed E-state index contributed by atoms with van der Waals surface area (Å²) in [6.07, 6.45) is 0. The van der Waals surface area contributed by atoms with Gasteiger partial charge in [0.15, 0.2) is 11.6 Å². The first-order chi connectivity index (χ1) is 10.0. The summed E-state index contributed by atoms with van der Waals surface area (Å²) in [6, 6.07) is 9.55. The molecule has 0 aliphatic carbocycles. The van der Waals surface area contributed by atoms with Crippen LogP contribution in [0.3, 0.4) is 0 Å². The molecule has 4 nitrogen and oxygen atoms in total. The predicted octanol–water partition coefficient (Wildman–Crippen LogP) is 3.20. The standard InChI is InChI=1S/C15H14ClFN2O2/c1-21-14-5-2-9(6-13(14)17)8-19-10-3-4-11(15(18)20)12(16)7-10/h2-7,19H,8H2,1H3,(H2,18,20). The number of benzene rings is 2. The van der Waals surface area contributed by atoms with Gasteiger partial charge in [-0.05, 0) is 35.9 Å². The molecule has 0 saturated carbocycles. The molecule has 3 N–H and O–H groups in total. The highest BCUT2D eigenvalue weighted by Gasteiger charge is 2.07. The van der Waals surface area contributed by atoms with E-state index < -0.39 is 11.7 Å². The summed E-state index contributed by atoms with van der Waals surface area (Å²) in [5, 5.41) is 3.36. The number of nitrogens with two attached hydrogens (primary N) is 1. The molecule has 1 amide bonds. The lowest BCUT2D eigenvalue weighted by Gasteiger charge is -2.09. The SMILES string of the molecule is COc1ccc(CNc2ccc(C(N)=O)c(Cl)c2)cc1F. The number of hydrogen-bond acceptors (Lipinski definition) is 3. The smallest absolute Gasteiger partial charge is 0.250 e. The molecule has 0 atom stereocenters. The maximum absolute atomic E-state index is 13.6. The minimum absolute atomic E-state index is 0.201. The first-order valence-electron chi connectivity index (χ1n) is 6.17. The number of ether oxygens (including phenoxy) is 1. The Morgan fingerprint density at radius 3 is 2.67 bits per heavy atom. The highest BCUT2D eigenvalue weighted by molar-refractivity contribution is 6.34. The molecule has 0 aliphatic heterocycles. The number of methoxy groups -OCH3 is 1. The number of rotatable bonds is 5. The molecule has 2 aromatic carbocycles. The second-order valence-electron chi connectivity index (χ2n) is 4.38. The van der Waals surface area contributed by atoms with Crippen molar-refractivity contribution in [2.75, 3.05) is 12.4 Å². The summed E-state index contributed by atoms with van der Waals surface area (Å²) in [5.41, 5.74) is 6.90. The van der Waals surface area contributed by atoms with Gasteiger partial charge in [0.2, 0.25) is 5.91 Å². The normalized spacial score (nSPS) is 10.2. The topological polar surface area (TPSA) is 64.3 Å². The van der Waals surface area contributed by atoms with Gasteiger partial charge in [0, 0.05) is 12.2 Å². The molecular formula is C15H14ClFN2O2. The molecule has 21 heavy (non-hydrogen) atoms. The third-order valence-corrected chi connectivity index (χ3v) is 3.26. The van der Waals surface area contributed by atoms with Gasteiger partial charge >= 0.3 is 0 Å². The summed E-state index contributed by atoms with van der Waals surface area (Å²) in [4.78, 5) is 11.1. The van der Waals surface area contributed by atoms with Crippen molar-refractivity contribution in [3.63, 3.8) is 0 Å². The van der Waals surface area contributed by atoms with Gasteiger partial charge < -0.3 is 15.8 Å². The zero-order valence-corrected chi connectivity index (χ0v) is 12.1. The Kier molecular flexibility index (Phi) is 4.65. The van der Waals surface area contributed by atoms with Crippen LogP contribution in [-0.4, -0.2) is 13.0 Å². The third kappa shape index (κ3) is 3.64. The largest absolute Gasteiger partial charge is 0.494 e. The Morgan fingerprint density at radius 2 is 2.10 bits per heavy atom. The number of anilines is 1. The number of amides is 1. The average Bonchev–Trinajstić information content (AvgIpc) is 2.45. The predicted molar refractivity (Wildman–Crippen MR) is 80.2 cm³/mol. The number of hydrogen-bond donors (Lipinski definition) is 2. The van der Waals surface area contributed by atoms with Crippen molar-refractivity contribution < 1.29 is 13.9 Å². The van der Waals surface area contributed by atoms with E-state index in [1.807, 2.05) is 0 Å². The van der Waals surface area contributed by atoms with Crippen LogP contribution in [0.15, 0.2) is 36.4 Å². The zero-order chi connectivity index (χ0) is 15.4. The van der Waals surface area contributed by atoms with E-state index in [0.29, 0.717) is 12.2 Å². The van der Waals surface area contributed by atoms with E-state index in [1.165, 1.54) is 13.2 Å². The van der Waals surface area contributed by atoms with Crippen LogP contribution < -0.4 is 15.8 Å². The molecule has 0 saturated heterocycles. The van der Waals surface area contributed by atoms with E-state index in [1.54, 1.807) is 30.3 Å². The van der Waals surface area contributed by atoms with E-state index >= 15 is 0 Å². The Hall–Kier alpha value is -2.27. The van der Waals surface area contributed by atoms with Gasteiger partial charge in [0.05, 0.1) is 17.7 Å². The van der Waals surface area contributed by atoms with Gasteiger partial charge in [0.25, 0.3) is 0 Å². The summed E-state index contributed by atoms with van der Waals surface area (Å²) in [6.45, 7) is 0.410. The van der Waals surface area contributed by atoms with E-state index in [4.69, 9.17) is 22.1 Å². The van der Waals surface area contributed by atoms with E-state index in [9.17, 15) is 9.18 Å². The fourth-order valence-electron chi connectivity index (χ4n) is 1.85. The molecule has 2 aromatic rings.